The van der Waals surface area contributed by atoms with E-state index >= 15 is 0 Å². The van der Waals surface area contributed by atoms with E-state index in [2.05, 4.69) is 15.0 Å². The number of hydrogen-bond donors (Lipinski definition) is 0. The molecule has 0 aliphatic carbocycles. The van der Waals surface area contributed by atoms with Gasteiger partial charge in [0.25, 0.3) is 0 Å². The van der Waals surface area contributed by atoms with E-state index in [0.717, 1.165) is 17.7 Å². The van der Waals surface area contributed by atoms with Crippen LogP contribution in [0.15, 0.2) is 53.9 Å². The molecule has 0 bridgehead atoms. The van der Waals surface area contributed by atoms with Gasteiger partial charge in [-0.15, -0.1) is 0 Å². The number of piperazine rings is 1. The van der Waals surface area contributed by atoms with Crippen molar-refractivity contribution in [3.8, 4) is 5.82 Å². The Kier molecular flexibility index (Phi) is 4.82. The number of anilines is 1. The van der Waals surface area contributed by atoms with E-state index in [-0.39, 0.29) is 4.90 Å². The number of nitrogens with zero attached hydrogens (tertiary/aromatic N) is 6. The zero-order valence-corrected chi connectivity index (χ0v) is 16.0. The van der Waals surface area contributed by atoms with Crippen LogP contribution in [0.5, 0.6) is 0 Å². The Morgan fingerprint density at radius 2 is 1.75 bits per heavy atom. The molecule has 1 aliphatic rings. The summed E-state index contributed by atoms with van der Waals surface area (Å²) in [7, 11) is -3.72. The van der Waals surface area contributed by atoms with Crippen molar-refractivity contribution in [1.82, 2.24) is 23.8 Å². The molecular formula is C18H19FN6O2S. The fourth-order valence-electron chi connectivity index (χ4n) is 3.20. The maximum Gasteiger partial charge on any atom is 0.243 e. The molecule has 4 rings (SSSR count). The average Bonchev–Trinajstić information content (AvgIpc) is 3.14. The highest BCUT2D eigenvalue weighted by Crippen LogP contribution is 2.21. The van der Waals surface area contributed by atoms with Crippen LogP contribution in [0.25, 0.3) is 5.82 Å². The third-order valence-corrected chi connectivity index (χ3v) is 6.60. The molecule has 8 nitrogen and oxygen atoms in total. The molecule has 3 heterocycles. The molecule has 0 unspecified atom stereocenters. The van der Waals surface area contributed by atoms with Gasteiger partial charge in [-0.05, 0) is 25.1 Å². The molecule has 2 aromatic heterocycles. The van der Waals surface area contributed by atoms with Gasteiger partial charge in [-0.1, -0.05) is 6.07 Å². The predicted molar refractivity (Wildman–Crippen MR) is 101 cm³/mol. The number of benzene rings is 1. The van der Waals surface area contributed by atoms with Gasteiger partial charge in [0.15, 0.2) is 0 Å². The van der Waals surface area contributed by atoms with Crippen molar-refractivity contribution < 1.29 is 12.8 Å². The van der Waals surface area contributed by atoms with Crippen LogP contribution < -0.4 is 4.90 Å². The standard InChI is InChI=1S/C18H19FN6O2S/c1-14-20-5-6-25(14)18-12-17(21-13-22-18)23-7-9-24(10-8-23)28(26,27)16-4-2-3-15(19)11-16/h2-6,11-13H,7-10H2,1H3. The summed E-state index contributed by atoms with van der Waals surface area (Å²) >= 11 is 0. The van der Waals surface area contributed by atoms with E-state index in [9.17, 15) is 12.8 Å². The van der Waals surface area contributed by atoms with Gasteiger partial charge in [0.1, 0.15) is 29.6 Å². The van der Waals surface area contributed by atoms with E-state index < -0.39 is 15.8 Å². The average molecular weight is 402 g/mol. The number of aryl methyl sites for hydroxylation is 1. The molecule has 0 amide bonds. The molecule has 1 aliphatic heterocycles. The van der Waals surface area contributed by atoms with Crippen LogP contribution in [0.4, 0.5) is 10.2 Å². The monoisotopic (exact) mass is 402 g/mol. The molecule has 1 fully saturated rings. The summed E-state index contributed by atoms with van der Waals surface area (Å²) < 4.78 is 42.1. The van der Waals surface area contributed by atoms with Crippen molar-refractivity contribution >= 4 is 15.8 Å². The minimum Gasteiger partial charge on any atom is -0.354 e. The normalized spacial score (nSPS) is 15.7. The molecule has 0 spiro atoms. The summed E-state index contributed by atoms with van der Waals surface area (Å²) in [6, 6.07) is 6.94. The molecule has 0 saturated carbocycles. The minimum absolute atomic E-state index is 0.0270. The largest absolute Gasteiger partial charge is 0.354 e. The lowest BCUT2D eigenvalue weighted by molar-refractivity contribution is 0.383. The van der Waals surface area contributed by atoms with Gasteiger partial charge in [0, 0.05) is 44.6 Å². The van der Waals surface area contributed by atoms with Crippen molar-refractivity contribution in [2.75, 3.05) is 31.1 Å². The van der Waals surface area contributed by atoms with Crippen molar-refractivity contribution in [3.05, 3.63) is 60.7 Å². The van der Waals surface area contributed by atoms with Crippen LogP contribution in [-0.2, 0) is 10.0 Å². The first-order valence-electron chi connectivity index (χ1n) is 8.78. The number of hydrogen-bond acceptors (Lipinski definition) is 6. The zero-order valence-electron chi connectivity index (χ0n) is 15.2. The highest BCUT2D eigenvalue weighted by atomic mass is 32.2. The molecule has 0 N–H and O–H groups in total. The summed E-state index contributed by atoms with van der Waals surface area (Å²) in [5, 5.41) is 0. The second kappa shape index (κ2) is 7.28. The van der Waals surface area contributed by atoms with Crippen LogP contribution >= 0.6 is 0 Å². The Balaban J connectivity index is 1.50. The molecule has 146 valence electrons. The molecule has 1 aromatic carbocycles. The van der Waals surface area contributed by atoms with Gasteiger partial charge < -0.3 is 4.90 Å². The fraction of sp³-hybridized carbons (Fsp3) is 0.278. The molecular weight excluding hydrogens is 383 g/mol. The van der Waals surface area contributed by atoms with Gasteiger partial charge >= 0.3 is 0 Å². The van der Waals surface area contributed by atoms with Crippen molar-refractivity contribution in [2.45, 2.75) is 11.8 Å². The number of aromatic nitrogens is 4. The number of halogens is 1. The molecule has 10 heteroatoms. The minimum atomic E-state index is -3.72. The summed E-state index contributed by atoms with van der Waals surface area (Å²) in [4.78, 5) is 14.8. The Labute approximate surface area is 162 Å². The molecule has 1 saturated heterocycles. The molecule has 0 atom stereocenters. The lowest BCUT2D eigenvalue weighted by Gasteiger charge is -2.34. The van der Waals surface area contributed by atoms with Gasteiger partial charge in [-0.2, -0.15) is 4.31 Å². The summed E-state index contributed by atoms with van der Waals surface area (Å²) in [6.07, 6.45) is 5.01. The van der Waals surface area contributed by atoms with Crippen LogP contribution in [-0.4, -0.2) is 58.4 Å². The summed E-state index contributed by atoms with van der Waals surface area (Å²) in [6.45, 7) is 3.43. The van der Waals surface area contributed by atoms with Crippen LogP contribution in [0.1, 0.15) is 5.82 Å². The van der Waals surface area contributed by atoms with Gasteiger partial charge in [-0.25, -0.2) is 27.8 Å². The number of sulfonamides is 1. The first-order valence-corrected chi connectivity index (χ1v) is 10.2. The van der Waals surface area contributed by atoms with E-state index in [1.807, 2.05) is 28.7 Å². The van der Waals surface area contributed by atoms with E-state index in [1.165, 1.54) is 28.8 Å². The molecule has 3 aromatic rings. The quantitative estimate of drug-likeness (QED) is 0.659. The summed E-state index contributed by atoms with van der Waals surface area (Å²) in [5.41, 5.74) is 0. The van der Waals surface area contributed by atoms with Gasteiger partial charge in [0.2, 0.25) is 10.0 Å². The topological polar surface area (TPSA) is 84.2 Å². The van der Waals surface area contributed by atoms with Crippen molar-refractivity contribution in [3.63, 3.8) is 0 Å². The van der Waals surface area contributed by atoms with Gasteiger partial charge in [0.05, 0.1) is 4.90 Å². The van der Waals surface area contributed by atoms with Gasteiger partial charge in [-0.3, -0.25) is 4.57 Å². The second-order valence-corrected chi connectivity index (χ2v) is 8.37. The zero-order chi connectivity index (χ0) is 19.7. The van der Waals surface area contributed by atoms with Crippen LogP contribution in [0.3, 0.4) is 0 Å². The predicted octanol–water partition coefficient (Wildman–Crippen LogP) is 1.62. The first-order chi connectivity index (χ1) is 13.4. The Hall–Kier alpha value is -2.85. The van der Waals surface area contributed by atoms with Crippen molar-refractivity contribution in [1.29, 1.82) is 0 Å². The third kappa shape index (κ3) is 3.48. The Morgan fingerprint density at radius 1 is 1.00 bits per heavy atom. The lowest BCUT2D eigenvalue weighted by Crippen LogP contribution is -2.49. The van der Waals surface area contributed by atoms with E-state index in [0.29, 0.717) is 32.0 Å². The maximum absolute atomic E-state index is 13.4. The second-order valence-electron chi connectivity index (χ2n) is 6.43. The summed E-state index contributed by atoms with van der Waals surface area (Å²) in [5.74, 6) is 1.68. The smallest absolute Gasteiger partial charge is 0.243 e. The SMILES string of the molecule is Cc1nccn1-c1cc(N2CCN(S(=O)(=O)c3cccc(F)c3)CC2)ncn1. The first kappa shape index (κ1) is 18.5. The van der Waals surface area contributed by atoms with Crippen LogP contribution in [0.2, 0.25) is 0 Å². The highest BCUT2D eigenvalue weighted by Gasteiger charge is 2.29. The Bertz CT molecular complexity index is 1090. The highest BCUT2D eigenvalue weighted by molar-refractivity contribution is 7.89. The number of rotatable bonds is 4. The Morgan fingerprint density at radius 3 is 2.43 bits per heavy atom. The van der Waals surface area contributed by atoms with E-state index in [1.54, 1.807) is 6.20 Å². The van der Waals surface area contributed by atoms with Crippen molar-refractivity contribution in [2.24, 2.45) is 0 Å². The lowest BCUT2D eigenvalue weighted by atomic mass is 10.3. The van der Waals surface area contributed by atoms with E-state index in [4.69, 9.17) is 0 Å². The maximum atomic E-state index is 13.4. The molecule has 28 heavy (non-hydrogen) atoms. The third-order valence-electron chi connectivity index (χ3n) is 4.71. The molecule has 0 radical (unpaired) electrons. The fourth-order valence-corrected chi connectivity index (χ4v) is 4.65. The van der Waals surface area contributed by atoms with Crippen LogP contribution in [0, 0.1) is 12.7 Å². The number of imidazole rings is 1.